The highest BCUT2D eigenvalue weighted by atomic mass is 16.7. The summed E-state index contributed by atoms with van der Waals surface area (Å²) < 4.78 is 25.4. The molecule has 202 valence electrons. The molecule has 0 unspecified atom stereocenters. The summed E-state index contributed by atoms with van der Waals surface area (Å²) in [7, 11) is 0. The summed E-state index contributed by atoms with van der Waals surface area (Å²) in [6.45, 7) is 1.81. The van der Waals surface area contributed by atoms with E-state index in [9.17, 15) is 5.21 Å². The fourth-order valence-corrected chi connectivity index (χ4v) is 4.72. The Labute approximate surface area is 230 Å². The predicted molar refractivity (Wildman–Crippen MR) is 149 cm³/mol. The van der Waals surface area contributed by atoms with E-state index < -0.39 is 24.5 Å². The molecule has 1 aliphatic heterocycles. The van der Waals surface area contributed by atoms with Gasteiger partial charge in [-0.1, -0.05) is 121 Å². The molecule has 6 nitrogen and oxygen atoms in total. The van der Waals surface area contributed by atoms with E-state index in [-0.39, 0.29) is 0 Å². The maximum atomic E-state index is 11.2. The lowest BCUT2D eigenvalue weighted by Crippen LogP contribution is -2.44. The molecular weight excluding hydrogens is 490 g/mol. The molecule has 0 spiro atoms. The third kappa shape index (κ3) is 7.83. The number of benzene rings is 4. The topological polar surface area (TPSA) is 60.4 Å². The number of rotatable bonds is 13. The summed E-state index contributed by atoms with van der Waals surface area (Å²) >= 11 is 0. The molecule has 1 fully saturated rings. The molecule has 4 atom stereocenters. The Morgan fingerprint density at radius 3 is 1.51 bits per heavy atom. The van der Waals surface area contributed by atoms with Crippen molar-refractivity contribution in [1.82, 2.24) is 5.06 Å². The lowest BCUT2D eigenvalue weighted by Gasteiger charge is -2.28. The predicted octanol–water partition coefficient (Wildman–Crippen LogP) is 5.99. The molecule has 0 amide bonds. The van der Waals surface area contributed by atoms with E-state index in [4.69, 9.17) is 18.9 Å². The van der Waals surface area contributed by atoms with Crippen molar-refractivity contribution in [2.75, 3.05) is 6.61 Å². The zero-order valence-corrected chi connectivity index (χ0v) is 21.9. The number of nitrogens with zero attached hydrogens (tertiary/aromatic N) is 1. The smallest absolute Gasteiger partial charge is 0.162 e. The molecule has 5 rings (SSSR count). The van der Waals surface area contributed by atoms with Gasteiger partial charge in [-0.25, -0.2) is 0 Å². The fourth-order valence-electron chi connectivity index (χ4n) is 4.72. The molecule has 1 heterocycles. The average molecular weight is 526 g/mol. The van der Waals surface area contributed by atoms with Crippen LogP contribution in [-0.4, -0.2) is 41.4 Å². The summed E-state index contributed by atoms with van der Waals surface area (Å²) in [4.78, 5) is 0. The Hall–Kier alpha value is -3.36. The third-order valence-corrected chi connectivity index (χ3v) is 6.73. The van der Waals surface area contributed by atoms with Crippen LogP contribution in [0.5, 0.6) is 0 Å². The quantitative estimate of drug-likeness (QED) is 0.216. The van der Waals surface area contributed by atoms with Crippen LogP contribution in [0.3, 0.4) is 0 Å². The standard InChI is InChI=1S/C33H35NO5/c35-34(21-26-13-5-1-6-14-26)33-32(38-24-29-19-11-4-12-20-29)31(37-23-28-17-9-3-10-18-28)30(39-33)25-36-22-27-15-7-2-8-16-27/h1-20,30-33,35H,21-25H2/t30-,31+,32-,33-/m0/s1. The Kier molecular flexibility index (Phi) is 9.87. The summed E-state index contributed by atoms with van der Waals surface area (Å²) in [6.07, 6.45) is -2.18. The Morgan fingerprint density at radius 2 is 1.00 bits per heavy atom. The Balaban J connectivity index is 1.35. The second kappa shape index (κ2) is 14.1. The first-order valence-corrected chi connectivity index (χ1v) is 13.3. The van der Waals surface area contributed by atoms with Crippen LogP contribution in [0.15, 0.2) is 121 Å². The van der Waals surface area contributed by atoms with Gasteiger partial charge >= 0.3 is 0 Å². The van der Waals surface area contributed by atoms with Gasteiger partial charge in [-0.3, -0.25) is 0 Å². The van der Waals surface area contributed by atoms with Gasteiger partial charge in [-0.15, -0.1) is 0 Å². The van der Waals surface area contributed by atoms with Gasteiger partial charge in [0.2, 0.25) is 0 Å². The van der Waals surface area contributed by atoms with Crippen LogP contribution in [0.2, 0.25) is 0 Å². The summed E-state index contributed by atoms with van der Waals surface area (Å²) in [5.74, 6) is 0. The van der Waals surface area contributed by atoms with E-state index in [0.29, 0.717) is 33.0 Å². The normalized spacial score (nSPS) is 20.9. The van der Waals surface area contributed by atoms with Crippen LogP contribution in [0.25, 0.3) is 0 Å². The average Bonchev–Trinajstić information content (AvgIpc) is 3.34. The van der Waals surface area contributed by atoms with Crippen LogP contribution < -0.4 is 0 Å². The molecule has 4 aromatic rings. The molecule has 0 aliphatic carbocycles. The molecule has 0 saturated carbocycles. The lowest BCUT2D eigenvalue weighted by atomic mass is 10.1. The molecule has 0 aromatic heterocycles. The van der Waals surface area contributed by atoms with Gasteiger partial charge in [0.1, 0.15) is 18.3 Å². The van der Waals surface area contributed by atoms with Crippen LogP contribution in [0.4, 0.5) is 0 Å². The highest BCUT2D eigenvalue weighted by Crippen LogP contribution is 2.31. The van der Waals surface area contributed by atoms with Crippen molar-refractivity contribution in [3.63, 3.8) is 0 Å². The van der Waals surface area contributed by atoms with E-state index in [0.717, 1.165) is 22.3 Å². The molecule has 1 saturated heterocycles. The minimum absolute atomic E-state index is 0.291. The third-order valence-electron chi connectivity index (χ3n) is 6.73. The molecule has 4 aromatic carbocycles. The highest BCUT2D eigenvalue weighted by Gasteiger charge is 2.49. The zero-order valence-electron chi connectivity index (χ0n) is 21.9. The van der Waals surface area contributed by atoms with Gasteiger partial charge in [0.15, 0.2) is 6.23 Å². The summed E-state index contributed by atoms with van der Waals surface area (Å²) in [5.41, 5.74) is 4.14. The van der Waals surface area contributed by atoms with Gasteiger partial charge in [0, 0.05) is 0 Å². The first-order valence-electron chi connectivity index (χ1n) is 13.3. The van der Waals surface area contributed by atoms with Gasteiger partial charge in [0.25, 0.3) is 0 Å². The molecule has 39 heavy (non-hydrogen) atoms. The Bertz CT molecular complexity index is 1230. The van der Waals surface area contributed by atoms with Crippen molar-refractivity contribution in [3.8, 4) is 0 Å². The van der Waals surface area contributed by atoms with Gasteiger partial charge < -0.3 is 24.2 Å². The van der Waals surface area contributed by atoms with Crippen molar-refractivity contribution in [1.29, 1.82) is 0 Å². The van der Waals surface area contributed by atoms with E-state index in [1.165, 1.54) is 5.06 Å². The Morgan fingerprint density at radius 1 is 0.564 bits per heavy atom. The summed E-state index contributed by atoms with van der Waals surface area (Å²) in [6, 6.07) is 39.9. The monoisotopic (exact) mass is 525 g/mol. The van der Waals surface area contributed by atoms with E-state index in [1.807, 2.05) is 121 Å². The largest absolute Gasteiger partial charge is 0.374 e. The number of hydrogen-bond acceptors (Lipinski definition) is 6. The second-order valence-electron chi connectivity index (χ2n) is 9.67. The fraction of sp³-hybridized carbons (Fsp3) is 0.273. The number of hydroxylamine groups is 2. The van der Waals surface area contributed by atoms with E-state index in [1.54, 1.807) is 0 Å². The molecule has 1 N–H and O–H groups in total. The molecule has 0 radical (unpaired) electrons. The van der Waals surface area contributed by atoms with Gasteiger partial charge in [-0.05, 0) is 22.3 Å². The zero-order chi connectivity index (χ0) is 26.7. The number of hydrogen-bond donors (Lipinski definition) is 1. The maximum Gasteiger partial charge on any atom is 0.162 e. The minimum atomic E-state index is -0.736. The number of ether oxygens (including phenoxy) is 4. The van der Waals surface area contributed by atoms with E-state index in [2.05, 4.69) is 0 Å². The van der Waals surface area contributed by atoms with Crippen LogP contribution >= 0.6 is 0 Å². The highest BCUT2D eigenvalue weighted by molar-refractivity contribution is 5.16. The maximum absolute atomic E-state index is 11.2. The van der Waals surface area contributed by atoms with E-state index >= 15 is 0 Å². The van der Waals surface area contributed by atoms with Crippen molar-refractivity contribution in [2.24, 2.45) is 0 Å². The van der Waals surface area contributed by atoms with Crippen LogP contribution in [-0.2, 0) is 45.3 Å². The lowest BCUT2D eigenvalue weighted by molar-refractivity contribution is -0.244. The molecule has 6 heteroatoms. The SMILES string of the molecule is ON(Cc1ccccc1)[C@H]1O[C@@H](COCc2ccccc2)[C@@H](OCc2ccccc2)[C@@H]1OCc1ccccc1. The van der Waals surface area contributed by atoms with Crippen LogP contribution in [0, 0.1) is 0 Å². The second-order valence-corrected chi connectivity index (χ2v) is 9.67. The van der Waals surface area contributed by atoms with Crippen molar-refractivity contribution >= 4 is 0 Å². The van der Waals surface area contributed by atoms with Crippen molar-refractivity contribution in [3.05, 3.63) is 144 Å². The van der Waals surface area contributed by atoms with Crippen molar-refractivity contribution < 1.29 is 24.2 Å². The van der Waals surface area contributed by atoms with Gasteiger partial charge in [-0.2, -0.15) is 5.06 Å². The first-order chi connectivity index (χ1) is 19.3. The molecule has 0 bridgehead atoms. The molecular formula is C33H35NO5. The first kappa shape index (κ1) is 27.2. The van der Waals surface area contributed by atoms with Crippen LogP contribution in [0.1, 0.15) is 22.3 Å². The van der Waals surface area contributed by atoms with Crippen molar-refractivity contribution in [2.45, 2.75) is 50.9 Å². The minimum Gasteiger partial charge on any atom is -0.374 e. The van der Waals surface area contributed by atoms with Gasteiger partial charge in [0.05, 0.1) is 33.0 Å². The summed E-state index contributed by atoms with van der Waals surface area (Å²) in [5, 5.41) is 12.4. The molecule has 1 aliphatic rings.